The zero-order chi connectivity index (χ0) is 19.8. The van der Waals surface area contributed by atoms with E-state index in [1.165, 1.54) is 54.6 Å². The van der Waals surface area contributed by atoms with Gasteiger partial charge in [-0.25, -0.2) is 4.90 Å². The van der Waals surface area contributed by atoms with Gasteiger partial charge in [-0.15, -0.1) is 0 Å². The maximum absolute atomic E-state index is 12.7. The molecule has 4 rings (SSSR count). The summed E-state index contributed by atoms with van der Waals surface area (Å²) in [5.41, 5.74) is 0.379. The van der Waals surface area contributed by atoms with E-state index in [1.807, 2.05) is 0 Å². The lowest BCUT2D eigenvalue weighted by Gasteiger charge is -2.14. The standard InChI is InChI=1S/C20H12N2O6/c23-18-4-2-1-3-17(18)21-19(24)15-10-9-14(11-16(15)20(21)25)28-13-7-5-12(6-8-13)22(26)27/h1-11,23H. The first-order chi connectivity index (χ1) is 13.5. The summed E-state index contributed by atoms with van der Waals surface area (Å²) in [7, 11) is 0. The van der Waals surface area contributed by atoms with Crippen LogP contribution in [-0.4, -0.2) is 21.8 Å². The van der Waals surface area contributed by atoms with Gasteiger partial charge in [0.1, 0.15) is 17.2 Å². The van der Waals surface area contributed by atoms with Gasteiger partial charge in [0.25, 0.3) is 17.5 Å². The number of non-ortho nitro benzene ring substituents is 1. The number of amides is 2. The SMILES string of the molecule is O=C1c2ccc(Oc3ccc([N+](=O)[O-])cc3)cc2C(=O)N1c1ccccc1O. The average molecular weight is 376 g/mol. The lowest BCUT2D eigenvalue weighted by Crippen LogP contribution is -2.29. The summed E-state index contributed by atoms with van der Waals surface area (Å²) in [6, 6.07) is 16.0. The second-order valence-electron chi connectivity index (χ2n) is 5.99. The molecule has 2 amide bonds. The van der Waals surface area contributed by atoms with E-state index in [2.05, 4.69) is 0 Å². The van der Waals surface area contributed by atoms with Crippen LogP contribution in [0.2, 0.25) is 0 Å². The number of aromatic hydroxyl groups is 1. The predicted octanol–water partition coefficient (Wildman–Crippen LogP) is 3.89. The Bertz CT molecular complexity index is 1120. The van der Waals surface area contributed by atoms with Crippen molar-refractivity contribution in [3.63, 3.8) is 0 Å². The van der Waals surface area contributed by atoms with E-state index in [9.17, 15) is 24.8 Å². The molecular formula is C20H12N2O6. The Morgan fingerprint density at radius 2 is 1.50 bits per heavy atom. The molecule has 0 saturated heterocycles. The minimum Gasteiger partial charge on any atom is -0.506 e. The summed E-state index contributed by atoms with van der Waals surface area (Å²) in [5, 5.41) is 20.7. The molecule has 1 aliphatic rings. The number of para-hydroxylation sites is 2. The third-order valence-corrected chi connectivity index (χ3v) is 4.26. The third-order valence-electron chi connectivity index (χ3n) is 4.26. The van der Waals surface area contributed by atoms with E-state index in [0.717, 1.165) is 4.90 Å². The summed E-state index contributed by atoms with van der Waals surface area (Å²) in [6.45, 7) is 0. The Balaban J connectivity index is 1.64. The van der Waals surface area contributed by atoms with Crippen molar-refractivity contribution in [2.24, 2.45) is 0 Å². The molecule has 0 unspecified atom stereocenters. The van der Waals surface area contributed by atoms with Crippen LogP contribution in [-0.2, 0) is 0 Å². The summed E-state index contributed by atoms with van der Waals surface area (Å²) >= 11 is 0. The van der Waals surface area contributed by atoms with Gasteiger partial charge >= 0.3 is 0 Å². The molecule has 8 heteroatoms. The van der Waals surface area contributed by atoms with Crippen LogP contribution in [0.25, 0.3) is 0 Å². The van der Waals surface area contributed by atoms with E-state index < -0.39 is 16.7 Å². The van der Waals surface area contributed by atoms with Crippen molar-refractivity contribution in [1.29, 1.82) is 0 Å². The molecule has 8 nitrogen and oxygen atoms in total. The maximum Gasteiger partial charge on any atom is 0.269 e. The molecule has 1 aliphatic heterocycles. The third kappa shape index (κ3) is 2.82. The van der Waals surface area contributed by atoms with Crippen LogP contribution in [0, 0.1) is 10.1 Å². The van der Waals surface area contributed by atoms with Gasteiger partial charge in [0.05, 0.1) is 21.7 Å². The average Bonchev–Trinajstić information content (AvgIpc) is 2.93. The van der Waals surface area contributed by atoms with E-state index in [-0.39, 0.29) is 28.3 Å². The van der Waals surface area contributed by atoms with Gasteiger partial charge in [-0.05, 0) is 42.5 Å². The number of anilines is 1. The highest BCUT2D eigenvalue weighted by molar-refractivity contribution is 6.34. The van der Waals surface area contributed by atoms with Crippen molar-refractivity contribution in [2.75, 3.05) is 4.90 Å². The van der Waals surface area contributed by atoms with E-state index >= 15 is 0 Å². The van der Waals surface area contributed by atoms with Crippen LogP contribution in [0.1, 0.15) is 20.7 Å². The number of imide groups is 1. The number of hydrogen-bond donors (Lipinski definition) is 1. The molecule has 1 heterocycles. The van der Waals surface area contributed by atoms with Crippen molar-refractivity contribution in [3.05, 3.63) is 88.0 Å². The number of nitrogens with zero attached hydrogens (tertiary/aromatic N) is 2. The molecule has 0 radical (unpaired) electrons. The van der Waals surface area contributed by atoms with Gasteiger partial charge in [-0.1, -0.05) is 12.1 Å². The molecule has 0 aromatic heterocycles. The van der Waals surface area contributed by atoms with Crippen LogP contribution in [0.5, 0.6) is 17.2 Å². The molecule has 0 spiro atoms. The normalized spacial score (nSPS) is 12.8. The van der Waals surface area contributed by atoms with Crippen molar-refractivity contribution < 1.29 is 24.4 Å². The maximum atomic E-state index is 12.7. The molecule has 0 saturated carbocycles. The van der Waals surface area contributed by atoms with Crippen LogP contribution in [0.15, 0.2) is 66.7 Å². The minimum absolute atomic E-state index is 0.0691. The lowest BCUT2D eigenvalue weighted by atomic mass is 10.1. The summed E-state index contributed by atoms with van der Waals surface area (Å²) in [5.74, 6) is -0.647. The number of rotatable bonds is 4. The molecule has 0 atom stereocenters. The van der Waals surface area contributed by atoms with Gasteiger partial charge in [-0.2, -0.15) is 0 Å². The second-order valence-corrected chi connectivity index (χ2v) is 5.99. The number of nitro groups is 1. The van der Waals surface area contributed by atoms with Crippen LogP contribution >= 0.6 is 0 Å². The number of carbonyl (C=O) groups excluding carboxylic acids is 2. The molecule has 3 aromatic carbocycles. The summed E-state index contributed by atoms with van der Waals surface area (Å²) < 4.78 is 5.63. The number of nitro benzene ring substituents is 1. The molecule has 0 fully saturated rings. The Morgan fingerprint density at radius 3 is 2.18 bits per heavy atom. The van der Waals surface area contributed by atoms with Crippen molar-refractivity contribution in [3.8, 4) is 17.2 Å². The second kappa shape index (κ2) is 6.51. The monoisotopic (exact) mass is 376 g/mol. The fourth-order valence-electron chi connectivity index (χ4n) is 2.93. The Morgan fingerprint density at radius 1 is 0.857 bits per heavy atom. The predicted molar refractivity (Wildman–Crippen MR) is 98.9 cm³/mol. The number of phenolic OH excluding ortho intramolecular Hbond substituents is 1. The van der Waals surface area contributed by atoms with Crippen molar-refractivity contribution >= 4 is 23.2 Å². The van der Waals surface area contributed by atoms with Gasteiger partial charge in [-0.3, -0.25) is 19.7 Å². The Labute approximate surface area is 158 Å². The molecular weight excluding hydrogens is 364 g/mol. The molecule has 0 bridgehead atoms. The van der Waals surface area contributed by atoms with Crippen LogP contribution in [0.3, 0.4) is 0 Å². The highest BCUT2D eigenvalue weighted by Crippen LogP contribution is 2.36. The number of carbonyl (C=O) groups is 2. The topological polar surface area (TPSA) is 110 Å². The Kier molecular flexibility index (Phi) is 4.00. The fourth-order valence-corrected chi connectivity index (χ4v) is 2.93. The molecule has 138 valence electrons. The number of phenols is 1. The largest absolute Gasteiger partial charge is 0.506 e. The molecule has 3 aromatic rings. The number of fused-ring (bicyclic) bond motifs is 1. The minimum atomic E-state index is -0.573. The number of ether oxygens (including phenoxy) is 1. The fraction of sp³-hybridized carbons (Fsp3) is 0. The summed E-state index contributed by atoms with van der Waals surface area (Å²) in [4.78, 5) is 36.5. The first-order valence-electron chi connectivity index (χ1n) is 8.19. The first-order valence-corrected chi connectivity index (χ1v) is 8.19. The molecule has 0 aliphatic carbocycles. The highest BCUT2D eigenvalue weighted by atomic mass is 16.6. The van der Waals surface area contributed by atoms with E-state index in [4.69, 9.17) is 4.74 Å². The van der Waals surface area contributed by atoms with Gasteiger partial charge in [0, 0.05) is 12.1 Å². The highest BCUT2D eigenvalue weighted by Gasteiger charge is 2.38. The summed E-state index contributed by atoms with van der Waals surface area (Å²) in [6.07, 6.45) is 0. The quantitative estimate of drug-likeness (QED) is 0.420. The van der Waals surface area contributed by atoms with Gasteiger partial charge in [0.2, 0.25) is 0 Å². The first kappa shape index (κ1) is 17.2. The van der Waals surface area contributed by atoms with E-state index in [0.29, 0.717) is 11.5 Å². The molecule has 1 N–H and O–H groups in total. The smallest absolute Gasteiger partial charge is 0.269 e. The van der Waals surface area contributed by atoms with Crippen LogP contribution < -0.4 is 9.64 Å². The number of hydrogen-bond acceptors (Lipinski definition) is 6. The molecule has 28 heavy (non-hydrogen) atoms. The van der Waals surface area contributed by atoms with Gasteiger partial charge in [0.15, 0.2) is 0 Å². The zero-order valence-electron chi connectivity index (χ0n) is 14.2. The van der Waals surface area contributed by atoms with E-state index in [1.54, 1.807) is 12.1 Å². The number of benzene rings is 3. The van der Waals surface area contributed by atoms with Crippen LogP contribution in [0.4, 0.5) is 11.4 Å². The Hall–Kier alpha value is -4.20. The zero-order valence-corrected chi connectivity index (χ0v) is 14.2. The van der Waals surface area contributed by atoms with Crippen molar-refractivity contribution in [2.45, 2.75) is 0 Å². The lowest BCUT2D eigenvalue weighted by molar-refractivity contribution is -0.384. The van der Waals surface area contributed by atoms with Crippen molar-refractivity contribution in [1.82, 2.24) is 0 Å². The van der Waals surface area contributed by atoms with Gasteiger partial charge < -0.3 is 9.84 Å².